The van der Waals surface area contributed by atoms with E-state index in [-0.39, 0.29) is 24.6 Å². The fourth-order valence-electron chi connectivity index (χ4n) is 1.43. The standard InChI is InChI=1S/C11H16O5/c1-7-4-5-10(16-9(3)13)11(15-7)6-14-8(2)12/h4-5,7,10-11H,6H2,1-3H3/t7-,10+,11-/m1/s1. The number of hydrogen-bond acceptors (Lipinski definition) is 5. The first-order valence-electron chi connectivity index (χ1n) is 5.13. The molecule has 0 N–H and O–H groups in total. The van der Waals surface area contributed by atoms with Crippen LogP contribution in [-0.4, -0.2) is 36.9 Å². The van der Waals surface area contributed by atoms with Crippen LogP contribution in [0.2, 0.25) is 0 Å². The van der Waals surface area contributed by atoms with Gasteiger partial charge >= 0.3 is 11.9 Å². The second kappa shape index (κ2) is 5.65. The monoisotopic (exact) mass is 228 g/mol. The topological polar surface area (TPSA) is 61.8 Å². The maximum absolute atomic E-state index is 10.9. The molecule has 0 aromatic carbocycles. The summed E-state index contributed by atoms with van der Waals surface area (Å²) < 4.78 is 15.4. The molecule has 1 rings (SSSR count). The molecule has 0 aromatic rings. The molecule has 5 heteroatoms. The number of esters is 2. The molecule has 0 saturated carbocycles. The maximum Gasteiger partial charge on any atom is 0.303 e. The molecule has 16 heavy (non-hydrogen) atoms. The van der Waals surface area contributed by atoms with Gasteiger partial charge in [-0.05, 0) is 13.0 Å². The molecule has 0 aromatic heterocycles. The molecule has 1 aliphatic rings. The van der Waals surface area contributed by atoms with E-state index in [0.29, 0.717) is 0 Å². The van der Waals surface area contributed by atoms with Crippen molar-refractivity contribution in [3.63, 3.8) is 0 Å². The van der Waals surface area contributed by atoms with Crippen LogP contribution >= 0.6 is 0 Å². The Labute approximate surface area is 94.4 Å². The third kappa shape index (κ3) is 4.02. The molecule has 0 fully saturated rings. The number of carbonyl (C=O) groups is 2. The summed E-state index contributed by atoms with van der Waals surface area (Å²) in [5, 5.41) is 0. The lowest BCUT2D eigenvalue weighted by Gasteiger charge is -2.29. The van der Waals surface area contributed by atoms with Gasteiger partial charge in [-0.2, -0.15) is 0 Å². The molecule has 0 amide bonds. The molecule has 0 unspecified atom stereocenters. The SMILES string of the molecule is CC(=O)OC[C@H]1O[C@H](C)C=C[C@@H]1OC(C)=O. The van der Waals surface area contributed by atoms with Gasteiger partial charge in [-0.25, -0.2) is 0 Å². The summed E-state index contributed by atoms with van der Waals surface area (Å²) in [5.74, 6) is -0.770. The summed E-state index contributed by atoms with van der Waals surface area (Å²) in [6.07, 6.45) is 2.55. The second-order valence-electron chi connectivity index (χ2n) is 3.64. The number of rotatable bonds is 3. The van der Waals surface area contributed by atoms with E-state index in [9.17, 15) is 9.59 Å². The van der Waals surface area contributed by atoms with Gasteiger partial charge < -0.3 is 14.2 Å². The van der Waals surface area contributed by atoms with Gasteiger partial charge in [0.05, 0.1) is 6.10 Å². The highest BCUT2D eigenvalue weighted by molar-refractivity contribution is 5.66. The summed E-state index contributed by atoms with van der Waals surface area (Å²) >= 11 is 0. The summed E-state index contributed by atoms with van der Waals surface area (Å²) in [7, 11) is 0. The largest absolute Gasteiger partial charge is 0.463 e. The minimum Gasteiger partial charge on any atom is -0.463 e. The maximum atomic E-state index is 10.9. The minimum atomic E-state index is -0.493. The van der Waals surface area contributed by atoms with Crippen LogP contribution < -0.4 is 0 Å². The molecule has 0 radical (unpaired) electrons. The van der Waals surface area contributed by atoms with Crippen molar-refractivity contribution in [3.05, 3.63) is 12.2 Å². The molecule has 3 atom stereocenters. The lowest BCUT2D eigenvalue weighted by atomic mass is 10.1. The van der Waals surface area contributed by atoms with Gasteiger partial charge in [-0.15, -0.1) is 0 Å². The van der Waals surface area contributed by atoms with Crippen molar-refractivity contribution in [1.82, 2.24) is 0 Å². The van der Waals surface area contributed by atoms with E-state index < -0.39 is 12.2 Å². The van der Waals surface area contributed by atoms with E-state index in [1.165, 1.54) is 13.8 Å². The fraction of sp³-hybridized carbons (Fsp3) is 0.636. The Hall–Kier alpha value is -1.36. The second-order valence-corrected chi connectivity index (χ2v) is 3.64. The van der Waals surface area contributed by atoms with Gasteiger partial charge in [0.15, 0.2) is 0 Å². The van der Waals surface area contributed by atoms with Gasteiger partial charge in [-0.1, -0.05) is 6.08 Å². The highest BCUT2D eigenvalue weighted by Gasteiger charge is 2.28. The quantitative estimate of drug-likeness (QED) is 0.528. The van der Waals surface area contributed by atoms with Crippen molar-refractivity contribution in [2.45, 2.75) is 39.1 Å². The first-order chi connectivity index (χ1) is 7.49. The first-order valence-corrected chi connectivity index (χ1v) is 5.13. The minimum absolute atomic E-state index is 0.0765. The van der Waals surface area contributed by atoms with Gasteiger partial charge in [0, 0.05) is 13.8 Å². The molecule has 1 heterocycles. The number of carbonyl (C=O) groups excluding carboxylic acids is 2. The van der Waals surface area contributed by atoms with E-state index in [4.69, 9.17) is 14.2 Å². The zero-order valence-electron chi connectivity index (χ0n) is 9.64. The van der Waals surface area contributed by atoms with Gasteiger partial charge in [-0.3, -0.25) is 9.59 Å². The lowest BCUT2D eigenvalue weighted by molar-refractivity contribution is -0.162. The lowest BCUT2D eigenvalue weighted by Crippen LogP contribution is -2.40. The summed E-state index contributed by atoms with van der Waals surface area (Å²) in [6.45, 7) is 4.60. The van der Waals surface area contributed by atoms with Crippen molar-refractivity contribution < 1.29 is 23.8 Å². The average Bonchev–Trinajstić information content (AvgIpc) is 2.17. The molecule has 0 aliphatic carbocycles. The number of hydrogen-bond donors (Lipinski definition) is 0. The predicted octanol–water partition coefficient (Wildman–Crippen LogP) is 0.825. The van der Waals surface area contributed by atoms with Crippen LogP contribution in [0.25, 0.3) is 0 Å². The van der Waals surface area contributed by atoms with E-state index >= 15 is 0 Å². The molecular weight excluding hydrogens is 212 g/mol. The van der Waals surface area contributed by atoms with Crippen LogP contribution in [0.1, 0.15) is 20.8 Å². The van der Waals surface area contributed by atoms with E-state index in [1.54, 1.807) is 12.2 Å². The van der Waals surface area contributed by atoms with Crippen LogP contribution in [0, 0.1) is 0 Å². The summed E-state index contributed by atoms with van der Waals surface area (Å²) in [4.78, 5) is 21.6. The van der Waals surface area contributed by atoms with E-state index in [2.05, 4.69) is 0 Å². The highest BCUT2D eigenvalue weighted by atomic mass is 16.6. The zero-order chi connectivity index (χ0) is 12.1. The Morgan fingerprint density at radius 1 is 1.25 bits per heavy atom. The molecule has 5 nitrogen and oxygen atoms in total. The van der Waals surface area contributed by atoms with Gasteiger partial charge in [0.2, 0.25) is 0 Å². The average molecular weight is 228 g/mol. The third-order valence-electron chi connectivity index (χ3n) is 2.08. The van der Waals surface area contributed by atoms with Crippen molar-refractivity contribution in [2.75, 3.05) is 6.61 Å². The predicted molar refractivity (Wildman–Crippen MR) is 55.7 cm³/mol. The Balaban J connectivity index is 2.58. The third-order valence-corrected chi connectivity index (χ3v) is 2.08. The molecule has 1 aliphatic heterocycles. The van der Waals surface area contributed by atoms with E-state index in [1.807, 2.05) is 6.92 Å². The highest BCUT2D eigenvalue weighted by Crippen LogP contribution is 2.16. The van der Waals surface area contributed by atoms with E-state index in [0.717, 1.165) is 0 Å². The van der Waals surface area contributed by atoms with Crippen LogP contribution in [0.3, 0.4) is 0 Å². The first kappa shape index (κ1) is 12.7. The smallest absolute Gasteiger partial charge is 0.303 e. The van der Waals surface area contributed by atoms with Gasteiger partial charge in [0.1, 0.15) is 18.8 Å². The van der Waals surface area contributed by atoms with Crippen molar-refractivity contribution in [1.29, 1.82) is 0 Å². The van der Waals surface area contributed by atoms with Crippen LogP contribution in [0.4, 0.5) is 0 Å². The van der Waals surface area contributed by atoms with Gasteiger partial charge in [0.25, 0.3) is 0 Å². The molecular formula is C11H16O5. The van der Waals surface area contributed by atoms with Crippen LogP contribution in [-0.2, 0) is 23.8 Å². The Morgan fingerprint density at radius 3 is 2.50 bits per heavy atom. The molecule has 90 valence electrons. The van der Waals surface area contributed by atoms with Crippen molar-refractivity contribution >= 4 is 11.9 Å². The number of ether oxygens (including phenoxy) is 3. The molecule has 0 saturated heterocycles. The van der Waals surface area contributed by atoms with Crippen LogP contribution in [0.15, 0.2) is 12.2 Å². The molecule has 0 bridgehead atoms. The summed E-state index contributed by atoms with van der Waals surface area (Å²) in [5.41, 5.74) is 0. The Kier molecular flexibility index (Phi) is 4.49. The Morgan fingerprint density at radius 2 is 1.94 bits per heavy atom. The van der Waals surface area contributed by atoms with Crippen molar-refractivity contribution in [2.24, 2.45) is 0 Å². The Bertz CT molecular complexity index is 297. The molecule has 0 spiro atoms. The normalized spacial score (nSPS) is 28.6. The fourth-order valence-corrected chi connectivity index (χ4v) is 1.43. The summed E-state index contributed by atoms with van der Waals surface area (Å²) in [6, 6.07) is 0. The van der Waals surface area contributed by atoms with Crippen molar-refractivity contribution in [3.8, 4) is 0 Å². The van der Waals surface area contributed by atoms with Crippen LogP contribution in [0.5, 0.6) is 0 Å². The zero-order valence-corrected chi connectivity index (χ0v) is 9.64.